The molecule has 2 fully saturated rings. The number of ether oxygens (including phenoxy) is 1. The number of nitrogens with zero attached hydrogens (tertiary/aromatic N) is 1. The first-order valence-electron chi connectivity index (χ1n) is 10.6. The van der Waals surface area contributed by atoms with Crippen molar-refractivity contribution in [2.45, 2.75) is 56.0 Å². The van der Waals surface area contributed by atoms with Gasteiger partial charge in [0.2, 0.25) is 12.3 Å². The molecule has 1 aliphatic carbocycles. The molecule has 9 nitrogen and oxygen atoms in total. The fourth-order valence-corrected chi connectivity index (χ4v) is 4.97. The molecule has 0 spiro atoms. The molecular formula is C22H29N3O6S. The smallest absolute Gasteiger partial charge is 0.254 e. The Balaban J connectivity index is 1.71. The molecule has 1 aliphatic heterocycles. The Bertz CT molecular complexity index is 876. The maximum Gasteiger partial charge on any atom is 0.254 e. The van der Waals surface area contributed by atoms with E-state index in [4.69, 9.17) is 4.74 Å². The summed E-state index contributed by atoms with van der Waals surface area (Å²) in [6.07, 6.45) is 1.83. The van der Waals surface area contributed by atoms with E-state index in [1.165, 1.54) is 12.0 Å². The molecule has 0 radical (unpaired) electrons. The number of likely N-dealkylation sites (tertiary alicyclic amines) is 1. The average Bonchev–Trinajstić information content (AvgIpc) is 3.57. The van der Waals surface area contributed by atoms with Gasteiger partial charge in [0.15, 0.2) is 5.78 Å². The van der Waals surface area contributed by atoms with Crippen LogP contribution in [0.3, 0.4) is 0 Å². The van der Waals surface area contributed by atoms with Crippen molar-refractivity contribution in [3.05, 3.63) is 35.9 Å². The van der Waals surface area contributed by atoms with Gasteiger partial charge in [0.1, 0.15) is 17.0 Å². The second kappa shape index (κ2) is 10.8. The van der Waals surface area contributed by atoms with Gasteiger partial charge in [-0.15, -0.1) is 0 Å². The number of carbonyl (C=O) groups excluding carboxylic acids is 4. The number of carbonyl (C=O) groups is 4. The highest BCUT2D eigenvalue weighted by Gasteiger charge is 2.41. The van der Waals surface area contributed by atoms with Crippen LogP contribution in [-0.4, -0.2) is 70.2 Å². The number of amides is 3. The first-order valence-corrected chi connectivity index (χ1v) is 11.9. The molecule has 10 heteroatoms. The van der Waals surface area contributed by atoms with E-state index < -0.39 is 46.9 Å². The van der Waals surface area contributed by atoms with Crippen molar-refractivity contribution >= 4 is 35.0 Å². The lowest BCUT2D eigenvalue weighted by Gasteiger charge is -2.32. The van der Waals surface area contributed by atoms with Crippen molar-refractivity contribution in [1.29, 1.82) is 0 Å². The fourth-order valence-electron chi connectivity index (χ4n) is 3.90. The zero-order chi connectivity index (χ0) is 23.3. The minimum absolute atomic E-state index is 0.00557. The van der Waals surface area contributed by atoms with Gasteiger partial charge in [0.25, 0.3) is 5.91 Å². The third-order valence-electron chi connectivity index (χ3n) is 5.86. The molecule has 3 rings (SSSR count). The molecule has 3 amide bonds. The van der Waals surface area contributed by atoms with Crippen molar-refractivity contribution in [2.24, 2.45) is 5.92 Å². The van der Waals surface area contributed by atoms with Gasteiger partial charge in [-0.3, -0.25) is 23.9 Å². The zero-order valence-corrected chi connectivity index (χ0v) is 19.0. The van der Waals surface area contributed by atoms with E-state index in [2.05, 4.69) is 10.0 Å². The van der Waals surface area contributed by atoms with E-state index in [0.717, 1.165) is 18.4 Å². The number of rotatable bonds is 11. The Morgan fingerprint density at radius 2 is 1.94 bits per heavy atom. The van der Waals surface area contributed by atoms with Gasteiger partial charge in [-0.25, -0.2) is 4.21 Å². The topological polar surface area (TPSA) is 122 Å². The second-order valence-electron chi connectivity index (χ2n) is 8.29. The molecule has 0 bridgehead atoms. The van der Waals surface area contributed by atoms with E-state index in [1.54, 1.807) is 6.92 Å². The summed E-state index contributed by atoms with van der Waals surface area (Å²) >= 11 is 0. The normalized spacial score (nSPS) is 22.0. The minimum Gasteiger partial charge on any atom is -0.378 e. The van der Waals surface area contributed by atoms with Crippen LogP contribution in [0.2, 0.25) is 0 Å². The molecule has 174 valence electrons. The van der Waals surface area contributed by atoms with E-state index in [-0.39, 0.29) is 30.4 Å². The average molecular weight is 464 g/mol. The summed E-state index contributed by atoms with van der Waals surface area (Å²) in [5.74, 6) is -1.80. The molecule has 0 aromatic heterocycles. The van der Waals surface area contributed by atoms with Crippen LogP contribution >= 0.6 is 0 Å². The van der Waals surface area contributed by atoms with Gasteiger partial charge in [0.05, 0.1) is 29.9 Å². The van der Waals surface area contributed by atoms with Crippen LogP contribution in [0, 0.1) is 5.92 Å². The lowest BCUT2D eigenvalue weighted by atomic mass is 9.94. The highest BCUT2D eigenvalue weighted by Crippen LogP contribution is 2.25. The summed E-state index contributed by atoms with van der Waals surface area (Å²) in [5, 5.41) is 2.73. The number of Topliss-reactive ketones (excluding diaryl/α,β-unsaturated/α-hetero) is 1. The predicted octanol–water partition coefficient (Wildman–Crippen LogP) is 0.107. The van der Waals surface area contributed by atoms with Crippen LogP contribution in [0.4, 0.5) is 0 Å². The summed E-state index contributed by atoms with van der Waals surface area (Å²) in [6, 6.07) is 7.74. The lowest BCUT2D eigenvalue weighted by Crippen LogP contribution is -2.53. The molecule has 5 unspecified atom stereocenters. The maximum absolute atomic E-state index is 13.1. The molecule has 1 aromatic rings. The Labute approximate surface area is 189 Å². The Kier molecular flexibility index (Phi) is 8.14. The molecule has 1 aromatic carbocycles. The highest BCUT2D eigenvalue weighted by molar-refractivity contribution is 7.84. The van der Waals surface area contributed by atoms with Crippen molar-refractivity contribution in [2.75, 3.05) is 13.7 Å². The first-order chi connectivity index (χ1) is 15.3. The van der Waals surface area contributed by atoms with Crippen LogP contribution in [0.15, 0.2) is 30.3 Å². The number of ketones is 1. The highest BCUT2D eigenvalue weighted by atomic mass is 32.2. The molecule has 1 saturated carbocycles. The van der Waals surface area contributed by atoms with Gasteiger partial charge in [-0.05, 0) is 18.4 Å². The SMILES string of the molecule is COC(C(C)C(=O)NC(Cc1ccccc1)C(=O)NS(=O)C1CC1)C1CC(=O)CN1C=O. The van der Waals surface area contributed by atoms with Gasteiger partial charge in [0, 0.05) is 20.0 Å². The quantitative estimate of drug-likeness (QED) is 0.449. The molecular weight excluding hydrogens is 434 g/mol. The Hall–Kier alpha value is -2.59. The van der Waals surface area contributed by atoms with Crippen LogP contribution in [0.5, 0.6) is 0 Å². The van der Waals surface area contributed by atoms with Gasteiger partial charge in [-0.1, -0.05) is 37.3 Å². The van der Waals surface area contributed by atoms with E-state index in [0.29, 0.717) is 6.41 Å². The van der Waals surface area contributed by atoms with Crippen molar-refractivity contribution in [3.8, 4) is 0 Å². The van der Waals surface area contributed by atoms with Gasteiger partial charge in [-0.2, -0.15) is 0 Å². The predicted molar refractivity (Wildman–Crippen MR) is 118 cm³/mol. The van der Waals surface area contributed by atoms with E-state index >= 15 is 0 Å². The lowest BCUT2D eigenvalue weighted by molar-refractivity contribution is -0.136. The van der Waals surface area contributed by atoms with Crippen LogP contribution in [0.25, 0.3) is 0 Å². The molecule has 1 heterocycles. The number of benzene rings is 1. The van der Waals surface area contributed by atoms with E-state index in [9.17, 15) is 23.4 Å². The first kappa shape index (κ1) is 24.1. The third kappa shape index (κ3) is 6.01. The van der Waals surface area contributed by atoms with Crippen LogP contribution in [-0.2, 0) is 41.3 Å². The number of nitrogens with one attached hydrogen (secondary N) is 2. The molecule has 2 aliphatic rings. The summed E-state index contributed by atoms with van der Waals surface area (Å²) in [6.45, 7) is 1.63. The Morgan fingerprint density at radius 1 is 1.25 bits per heavy atom. The standard InChI is InChI=1S/C22H29N3O6S/c1-14(20(31-2)19-11-16(27)12-25(19)13-26)21(28)23-18(10-15-6-4-3-5-7-15)22(29)24-32(30)17-8-9-17/h3-7,13-14,17-20H,8-12H2,1-2H3,(H,23,28)(H,24,29). The minimum atomic E-state index is -1.48. The third-order valence-corrected chi connectivity index (χ3v) is 7.34. The summed E-state index contributed by atoms with van der Waals surface area (Å²) in [7, 11) is -0.0519. The van der Waals surface area contributed by atoms with Gasteiger partial charge < -0.3 is 15.0 Å². The Morgan fingerprint density at radius 3 is 2.53 bits per heavy atom. The summed E-state index contributed by atoms with van der Waals surface area (Å²) in [5.41, 5.74) is 0.842. The molecule has 1 saturated heterocycles. The number of methoxy groups -OCH3 is 1. The van der Waals surface area contributed by atoms with Gasteiger partial charge >= 0.3 is 0 Å². The number of hydrogen-bond acceptors (Lipinski definition) is 6. The molecule has 32 heavy (non-hydrogen) atoms. The number of hydrogen-bond donors (Lipinski definition) is 2. The monoisotopic (exact) mass is 463 g/mol. The van der Waals surface area contributed by atoms with Crippen LogP contribution < -0.4 is 10.0 Å². The van der Waals surface area contributed by atoms with Crippen molar-refractivity contribution < 1.29 is 28.1 Å². The summed E-state index contributed by atoms with van der Waals surface area (Å²) in [4.78, 5) is 50.4. The zero-order valence-electron chi connectivity index (χ0n) is 18.2. The maximum atomic E-state index is 13.1. The van der Waals surface area contributed by atoms with Crippen molar-refractivity contribution in [3.63, 3.8) is 0 Å². The molecule has 2 N–H and O–H groups in total. The molecule has 5 atom stereocenters. The largest absolute Gasteiger partial charge is 0.378 e. The summed E-state index contributed by atoms with van der Waals surface area (Å²) < 4.78 is 20.2. The van der Waals surface area contributed by atoms with E-state index in [1.807, 2.05) is 30.3 Å². The van der Waals surface area contributed by atoms with Crippen molar-refractivity contribution in [1.82, 2.24) is 14.9 Å². The van der Waals surface area contributed by atoms with Crippen LogP contribution in [0.1, 0.15) is 31.7 Å². The second-order valence-corrected chi connectivity index (χ2v) is 9.76. The fraction of sp³-hybridized carbons (Fsp3) is 0.545.